The van der Waals surface area contributed by atoms with Gasteiger partial charge in [0.2, 0.25) is 0 Å². The number of amides is 1. The summed E-state index contributed by atoms with van der Waals surface area (Å²) in [6.07, 6.45) is -1.56. The number of rotatable bonds is 3. The molecule has 3 atom stereocenters. The summed E-state index contributed by atoms with van der Waals surface area (Å²) >= 11 is 0. The van der Waals surface area contributed by atoms with E-state index in [2.05, 4.69) is 33.9 Å². The fraction of sp³-hybridized carbons (Fsp3) is 0.846. The van der Waals surface area contributed by atoms with Crippen LogP contribution in [0.5, 0.6) is 0 Å². The Morgan fingerprint density at radius 2 is 1.75 bits per heavy atom. The lowest BCUT2D eigenvalue weighted by atomic mass is 10.0. The molecule has 1 rings (SSSR count). The van der Waals surface area contributed by atoms with Gasteiger partial charge in [-0.15, -0.1) is 0 Å². The van der Waals surface area contributed by atoms with Gasteiger partial charge in [0.1, 0.15) is 6.04 Å². The van der Waals surface area contributed by atoms with Crippen molar-refractivity contribution in [2.75, 3.05) is 6.54 Å². The number of hydrogen-bond donors (Lipinski definition) is 2. The van der Waals surface area contributed by atoms with E-state index in [1.165, 1.54) is 0 Å². The number of carboxylic acids is 1. The lowest BCUT2D eigenvalue weighted by molar-refractivity contribution is -0.142. The molecule has 7 heteroatoms. The summed E-state index contributed by atoms with van der Waals surface area (Å²) in [6.45, 7) is 12.3. The van der Waals surface area contributed by atoms with Gasteiger partial charge in [-0.2, -0.15) is 0 Å². The molecular formula is C13H25NO5Si. The number of nitrogens with zero attached hydrogens (tertiary/aromatic N) is 1. The maximum Gasteiger partial charge on any atom is 0.408 e. The van der Waals surface area contributed by atoms with Crippen LogP contribution in [0.3, 0.4) is 0 Å². The van der Waals surface area contributed by atoms with Crippen LogP contribution in [0.25, 0.3) is 0 Å². The minimum atomic E-state index is -2.05. The zero-order valence-electron chi connectivity index (χ0n) is 13.0. The van der Waals surface area contributed by atoms with Crippen LogP contribution >= 0.6 is 0 Å². The molecule has 0 radical (unpaired) electrons. The van der Waals surface area contributed by atoms with E-state index in [1.54, 1.807) is 6.92 Å². The Labute approximate surface area is 120 Å². The summed E-state index contributed by atoms with van der Waals surface area (Å²) in [4.78, 5) is 23.5. The third-order valence-electron chi connectivity index (χ3n) is 4.55. The zero-order chi connectivity index (χ0) is 15.9. The van der Waals surface area contributed by atoms with E-state index in [4.69, 9.17) is 9.53 Å². The van der Waals surface area contributed by atoms with Gasteiger partial charge in [0.05, 0.1) is 12.6 Å². The smallest absolute Gasteiger partial charge is 0.408 e. The zero-order valence-corrected chi connectivity index (χ0v) is 14.0. The van der Waals surface area contributed by atoms with Gasteiger partial charge in [-0.25, -0.2) is 9.59 Å². The average molecular weight is 303 g/mol. The van der Waals surface area contributed by atoms with Crippen molar-refractivity contribution in [3.63, 3.8) is 0 Å². The molecule has 0 aromatic rings. The van der Waals surface area contributed by atoms with E-state index in [0.717, 1.165) is 4.90 Å². The maximum atomic E-state index is 11.3. The summed E-state index contributed by atoms with van der Waals surface area (Å²) in [5.74, 6) is -1.46. The van der Waals surface area contributed by atoms with Crippen molar-refractivity contribution in [3.05, 3.63) is 0 Å². The van der Waals surface area contributed by atoms with Crippen LogP contribution in [0.1, 0.15) is 27.7 Å². The van der Waals surface area contributed by atoms with Crippen molar-refractivity contribution in [1.29, 1.82) is 0 Å². The number of aliphatic carboxylic acids is 1. The maximum absolute atomic E-state index is 11.3. The van der Waals surface area contributed by atoms with Gasteiger partial charge in [0, 0.05) is 5.92 Å². The summed E-state index contributed by atoms with van der Waals surface area (Å²) in [5.41, 5.74) is 0. The second-order valence-corrected chi connectivity index (χ2v) is 11.8. The minimum Gasteiger partial charge on any atom is -0.480 e. The monoisotopic (exact) mass is 303 g/mol. The van der Waals surface area contributed by atoms with E-state index in [9.17, 15) is 14.7 Å². The van der Waals surface area contributed by atoms with Crippen LogP contribution in [-0.4, -0.2) is 54.2 Å². The fourth-order valence-electron chi connectivity index (χ4n) is 2.22. The standard InChI is InChI=1S/C13H25NO5Si/c1-8-9(19-20(5,6)13(2,3)4)7-14(12(17)18)10(8)11(15)16/h8-10H,7H2,1-6H3,(H,15,16)(H,17,18)/t8-,9+,10-/m0/s1. The van der Waals surface area contributed by atoms with Gasteiger partial charge in [-0.3, -0.25) is 4.90 Å². The van der Waals surface area contributed by atoms with E-state index in [1.807, 2.05) is 0 Å². The summed E-state index contributed by atoms with van der Waals surface area (Å²) in [5, 5.41) is 18.4. The van der Waals surface area contributed by atoms with E-state index >= 15 is 0 Å². The van der Waals surface area contributed by atoms with Crippen molar-refractivity contribution in [2.45, 2.75) is 58.0 Å². The molecule has 1 aliphatic heterocycles. The molecule has 6 nitrogen and oxygen atoms in total. The highest BCUT2D eigenvalue weighted by molar-refractivity contribution is 6.74. The fourth-order valence-corrected chi connectivity index (χ4v) is 3.62. The average Bonchev–Trinajstić information content (AvgIpc) is 2.54. The normalized spacial score (nSPS) is 27.7. The molecule has 1 saturated heterocycles. The molecule has 0 aromatic carbocycles. The van der Waals surface area contributed by atoms with Crippen LogP contribution in [-0.2, 0) is 9.22 Å². The van der Waals surface area contributed by atoms with Gasteiger partial charge in [0.15, 0.2) is 8.32 Å². The Morgan fingerprint density at radius 3 is 2.05 bits per heavy atom. The highest BCUT2D eigenvalue weighted by Gasteiger charge is 2.49. The molecule has 1 amide bonds. The van der Waals surface area contributed by atoms with Gasteiger partial charge in [0.25, 0.3) is 0 Å². The molecule has 20 heavy (non-hydrogen) atoms. The molecule has 0 aliphatic carbocycles. The Hall–Kier alpha value is -1.08. The Bertz CT molecular complexity index is 404. The third kappa shape index (κ3) is 3.14. The van der Waals surface area contributed by atoms with E-state index in [-0.39, 0.29) is 23.6 Å². The number of carboxylic acid groups (broad SMARTS) is 2. The van der Waals surface area contributed by atoms with Crippen molar-refractivity contribution < 1.29 is 24.2 Å². The predicted octanol–water partition coefficient (Wildman–Crippen LogP) is 2.46. The van der Waals surface area contributed by atoms with Crippen LogP contribution < -0.4 is 0 Å². The molecule has 0 aromatic heterocycles. The largest absolute Gasteiger partial charge is 0.480 e. The molecule has 0 saturated carbocycles. The quantitative estimate of drug-likeness (QED) is 0.782. The molecule has 0 bridgehead atoms. The number of hydrogen-bond acceptors (Lipinski definition) is 3. The third-order valence-corrected chi connectivity index (χ3v) is 9.05. The first-order valence-corrected chi connectivity index (χ1v) is 9.69. The van der Waals surface area contributed by atoms with Gasteiger partial charge < -0.3 is 14.6 Å². The first-order valence-electron chi connectivity index (χ1n) is 6.78. The second kappa shape index (κ2) is 5.36. The molecule has 2 N–H and O–H groups in total. The molecule has 1 heterocycles. The molecule has 116 valence electrons. The number of carbonyl (C=O) groups is 2. The first kappa shape index (κ1) is 17.0. The highest BCUT2D eigenvalue weighted by atomic mass is 28.4. The molecule has 1 fully saturated rings. The molecular weight excluding hydrogens is 278 g/mol. The van der Waals surface area contributed by atoms with Crippen LogP contribution in [0.4, 0.5) is 4.79 Å². The van der Waals surface area contributed by atoms with Gasteiger partial charge >= 0.3 is 12.1 Å². The Kier molecular flexibility index (Phi) is 4.55. The van der Waals surface area contributed by atoms with Crippen molar-refractivity contribution in [2.24, 2.45) is 5.92 Å². The Morgan fingerprint density at radius 1 is 1.25 bits per heavy atom. The number of likely N-dealkylation sites (tertiary alicyclic amines) is 1. The Balaban J connectivity index is 2.94. The van der Waals surface area contributed by atoms with E-state index < -0.39 is 26.4 Å². The van der Waals surface area contributed by atoms with Crippen LogP contribution in [0.2, 0.25) is 18.1 Å². The lowest BCUT2D eigenvalue weighted by Gasteiger charge is -2.39. The second-order valence-electron chi connectivity index (χ2n) is 6.99. The predicted molar refractivity (Wildman–Crippen MR) is 77.4 cm³/mol. The minimum absolute atomic E-state index is 0.00207. The molecule has 0 unspecified atom stereocenters. The first-order chi connectivity index (χ1) is 8.88. The van der Waals surface area contributed by atoms with Crippen molar-refractivity contribution >= 4 is 20.4 Å². The molecule has 1 aliphatic rings. The summed E-state index contributed by atoms with van der Waals surface area (Å²) < 4.78 is 6.21. The topological polar surface area (TPSA) is 87.1 Å². The van der Waals surface area contributed by atoms with E-state index in [0.29, 0.717) is 0 Å². The van der Waals surface area contributed by atoms with Crippen LogP contribution in [0, 0.1) is 5.92 Å². The molecule has 0 spiro atoms. The lowest BCUT2D eigenvalue weighted by Crippen LogP contribution is -2.46. The highest BCUT2D eigenvalue weighted by Crippen LogP contribution is 2.40. The van der Waals surface area contributed by atoms with Gasteiger partial charge in [-0.05, 0) is 18.1 Å². The van der Waals surface area contributed by atoms with Gasteiger partial charge in [-0.1, -0.05) is 27.7 Å². The summed E-state index contributed by atoms with van der Waals surface area (Å²) in [6, 6.07) is -1.03. The SMILES string of the molecule is C[C@@H]1[C@@H](C(=O)O)N(C(=O)O)C[C@H]1O[Si](C)(C)C(C)(C)C. The van der Waals surface area contributed by atoms with Crippen molar-refractivity contribution in [1.82, 2.24) is 4.90 Å². The van der Waals surface area contributed by atoms with Crippen molar-refractivity contribution in [3.8, 4) is 0 Å². The van der Waals surface area contributed by atoms with Crippen LogP contribution in [0.15, 0.2) is 0 Å². The summed E-state index contributed by atoms with van der Waals surface area (Å²) in [7, 11) is -2.05.